The number of amides is 2. The van der Waals surface area contributed by atoms with E-state index in [2.05, 4.69) is 5.32 Å². The van der Waals surface area contributed by atoms with Crippen molar-refractivity contribution in [1.29, 1.82) is 0 Å². The van der Waals surface area contributed by atoms with Gasteiger partial charge in [0.15, 0.2) is 0 Å². The summed E-state index contributed by atoms with van der Waals surface area (Å²) in [6.07, 6.45) is 1.18. The van der Waals surface area contributed by atoms with Crippen LogP contribution in [0.3, 0.4) is 0 Å². The van der Waals surface area contributed by atoms with Crippen LogP contribution in [0.15, 0.2) is 0 Å². The van der Waals surface area contributed by atoms with Crippen molar-refractivity contribution in [2.24, 2.45) is 5.41 Å². The maximum atomic E-state index is 11.4. The first-order valence-corrected chi connectivity index (χ1v) is 5.23. The monoisotopic (exact) mass is 214 g/mol. The Morgan fingerprint density at radius 1 is 1.20 bits per heavy atom. The molecule has 1 N–H and O–H groups in total. The lowest BCUT2D eigenvalue weighted by Gasteiger charge is -2.17. The van der Waals surface area contributed by atoms with Gasteiger partial charge in [0, 0.05) is 32.5 Å². The summed E-state index contributed by atoms with van der Waals surface area (Å²) in [5.74, 6) is 0.125. The third-order valence-electron chi connectivity index (χ3n) is 2.03. The fraction of sp³-hybridized carbons (Fsp3) is 0.818. The van der Waals surface area contributed by atoms with Crippen molar-refractivity contribution >= 4 is 11.8 Å². The Labute approximate surface area is 92.0 Å². The first kappa shape index (κ1) is 13.9. The SMILES string of the molecule is CN(C)C(=O)CCCNC(=O)C(C)(C)C. The molecular weight excluding hydrogens is 192 g/mol. The zero-order chi connectivity index (χ0) is 12.1. The fourth-order valence-corrected chi connectivity index (χ4v) is 0.930. The van der Waals surface area contributed by atoms with Gasteiger partial charge < -0.3 is 10.2 Å². The molecule has 0 atom stereocenters. The van der Waals surface area contributed by atoms with E-state index in [1.165, 1.54) is 0 Å². The second-order valence-electron chi connectivity index (χ2n) is 4.90. The van der Waals surface area contributed by atoms with Crippen molar-refractivity contribution in [1.82, 2.24) is 10.2 Å². The van der Waals surface area contributed by atoms with Crippen molar-refractivity contribution in [3.8, 4) is 0 Å². The summed E-state index contributed by atoms with van der Waals surface area (Å²) < 4.78 is 0. The highest BCUT2D eigenvalue weighted by atomic mass is 16.2. The molecule has 0 rings (SSSR count). The minimum absolute atomic E-state index is 0.0276. The standard InChI is InChI=1S/C11H22N2O2/c1-11(2,3)10(15)12-8-6-7-9(14)13(4)5/h6-8H2,1-5H3,(H,12,15). The second kappa shape index (κ2) is 5.73. The summed E-state index contributed by atoms with van der Waals surface area (Å²) in [7, 11) is 3.46. The van der Waals surface area contributed by atoms with Crippen LogP contribution in [0.4, 0.5) is 0 Å². The van der Waals surface area contributed by atoms with Crippen molar-refractivity contribution in [2.75, 3.05) is 20.6 Å². The van der Waals surface area contributed by atoms with Gasteiger partial charge in [-0.3, -0.25) is 9.59 Å². The predicted molar refractivity (Wildman–Crippen MR) is 60.4 cm³/mol. The van der Waals surface area contributed by atoms with E-state index in [-0.39, 0.29) is 17.2 Å². The Balaban J connectivity index is 3.65. The Kier molecular flexibility index (Phi) is 5.33. The molecule has 0 saturated carbocycles. The highest BCUT2D eigenvalue weighted by Gasteiger charge is 2.20. The molecule has 0 aliphatic carbocycles. The van der Waals surface area contributed by atoms with E-state index in [0.29, 0.717) is 19.4 Å². The first-order chi connectivity index (χ1) is 6.75. The molecule has 0 spiro atoms. The van der Waals surface area contributed by atoms with Crippen LogP contribution in [0, 0.1) is 5.41 Å². The summed E-state index contributed by atoms with van der Waals surface area (Å²) in [5.41, 5.74) is -0.356. The van der Waals surface area contributed by atoms with E-state index in [9.17, 15) is 9.59 Å². The molecule has 0 heterocycles. The molecule has 0 aromatic rings. The second-order valence-corrected chi connectivity index (χ2v) is 4.90. The summed E-state index contributed by atoms with van der Waals surface area (Å²) in [4.78, 5) is 24.2. The van der Waals surface area contributed by atoms with E-state index in [4.69, 9.17) is 0 Å². The smallest absolute Gasteiger partial charge is 0.225 e. The van der Waals surface area contributed by atoms with E-state index in [1.54, 1.807) is 19.0 Å². The molecule has 4 nitrogen and oxygen atoms in total. The first-order valence-electron chi connectivity index (χ1n) is 5.23. The average molecular weight is 214 g/mol. The molecule has 88 valence electrons. The molecule has 2 amide bonds. The molecule has 0 bridgehead atoms. The molecule has 0 aromatic carbocycles. The third kappa shape index (κ3) is 6.10. The van der Waals surface area contributed by atoms with Crippen molar-refractivity contribution in [3.63, 3.8) is 0 Å². The van der Waals surface area contributed by atoms with Crippen LogP contribution in [-0.2, 0) is 9.59 Å². The maximum Gasteiger partial charge on any atom is 0.225 e. The summed E-state index contributed by atoms with van der Waals surface area (Å²) in [6.45, 7) is 6.17. The lowest BCUT2D eigenvalue weighted by Crippen LogP contribution is -2.35. The number of hydrogen-bond acceptors (Lipinski definition) is 2. The van der Waals surface area contributed by atoms with Crippen LogP contribution in [0.1, 0.15) is 33.6 Å². The van der Waals surface area contributed by atoms with E-state index in [1.807, 2.05) is 20.8 Å². The van der Waals surface area contributed by atoms with Gasteiger partial charge in [0.05, 0.1) is 0 Å². The number of rotatable bonds is 4. The Bertz CT molecular complexity index is 229. The van der Waals surface area contributed by atoms with E-state index in [0.717, 1.165) is 0 Å². The molecule has 0 aliphatic rings. The number of nitrogens with zero attached hydrogens (tertiary/aromatic N) is 1. The molecule has 0 unspecified atom stereocenters. The highest BCUT2D eigenvalue weighted by molar-refractivity contribution is 5.81. The van der Waals surface area contributed by atoms with Gasteiger partial charge in [-0.1, -0.05) is 20.8 Å². The van der Waals surface area contributed by atoms with Gasteiger partial charge in [0.2, 0.25) is 11.8 Å². The Morgan fingerprint density at radius 2 is 1.73 bits per heavy atom. The molecule has 0 saturated heterocycles. The average Bonchev–Trinajstić information content (AvgIpc) is 2.09. The summed E-state index contributed by atoms with van der Waals surface area (Å²) in [6, 6.07) is 0. The molecular formula is C11H22N2O2. The van der Waals surface area contributed by atoms with Gasteiger partial charge in [-0.05, 0) is 6.42 Å². The highest BCUT2D eigenvalue weighted by Crippen LogP contribution is 2.12. The van der Waals surface area contributed by atoms with Gasteiger partial charge in [-0.2, -0.15) is 0 Å². The van der Waals surface area contributed by atoms with Gasteiger partial charge >= 0.3 is 0 Å². The molecule has 15 heavy (non-hydrogen) atoms. The molecule has 0 radical (unpaired) electrons. The van der Waals surface area contributed by atoms with E-state index >= 15 is 0 Å². The lowest BCUT2D eigenvalue weighted by atomic mass is 9.96. The van der Waals surface area contributed by atoms with Crippen LogP contribution in [-0.4, -0.2) is 37.4 Å². The lowest BCUT2D eigenvalue weighted by molar-refractivity contribution is -0.130. The number of nitrogens with one attached hydrogen (secondary N) is 1. The summed E-state index contributed by atoms with van der Waals surface area (Å²) >= 11 is 0. The van der Waals surface area contributed by atoms with Crippen LogP contribution < -0.4 is 5.32 Å². The molecule has 0 aromatic heterocycles. The minimum Gasteiger partial charge on any atom is -0.356 e. The maximum absolute atomic E-state index is 11.4. The predicted octanol–water partition coefficient (Wildman–Crippen LogP) is 1.02. The summed E-state index contributed by atoms with van der Waals surface area (Å²) in [5, 5.41) is 2.81. The van der Waals surface area contributed by atoms with Crippen molar-refractivity contribution in [2.45, 2.75) is 33.6 Å². The molecule has 0 aliphatic heterocycles. The minimum atomic E-state index is -0.356. The fourth-order valence-electron chi connectivity index (χ4n) is 0.930. The van der Waals surface area contributed by atoms with Gasteiger partial charge in [-0.25, -0.2) is 0 Å². The zero-order valence-electron chi connectivity index (χ0n) is 10.4. The zero-order valence-corrected chi connectivity index (χ0v) is 10.4. The Hall–Kier alpha value is -1.06. The van der Waals surface area contributed by atoms with Gasteiger partial charge in [0.25, 0.3) is 0 Å². The van der Waals surface area contributed by atoms with E-state index < -0.39 is 0 Å². The topological polar surface area (TPSA) is 49.4 Å². The normalized spacial score (nSPS) is 11.0. The van der Waals surface area contributed by atoms with Crippen molar-refractivity contribution < 1.29 is 9.59 Å². The van der Waals surface area contributed by atoms with Crippen LogP contribution in [0.2, 0.25) is 0 Å². The number of carbonyl (C=O) groups is 2. The Morgan fingerprint density at radius 3 is 2.13 bits per heavy atom. The number of carbonyl (C=O) groups excluding carboxylic acids is 2. The third-order valence-corrected chi connectivity index (χ3v) is 2.03. The quantitative estimate of drug-likeness (QED) is 0.710. The van der Waals surface area contributed by atoms with Gasteiger partial charge in [-0.15, -0.1) is 0 Å². The molecule has 4 heteroatoms. The van der Waals surface area contributed by atoms with Crippen molar-refractivity contribution in [3.05, 3.63) is 0 Å². The number of hydrogen-bond donors (Lipinski definition) is 1. The van der Waals surface area contributed by atoms with Crippen LogP contribution in [0.5, 0.6) is 0 Å². The van der Waals surface area contributed by atoms with Crippen LogP contribution in [0.25, 0.3) is 0 Å². The molecule has 0 fully saturated rings. The van der Waals surface area contributed by atoms with Crippen LogP contribution >= 0.6 is 0 Å². The largest absolute Gasteiger partial charge is 0.356 e. The van der Waals surface area contributed by atoms with Gasteiger partial charge in [0.1, 0.15) is 0 Å².